The van der Waals surface area contributed by atoms with E-state index in [0.717, 1.165) is 22.3 Å². The highest BCUT2D eigenvalue weighted by molar-refractivity contribution is 5.97. The second-order valence-corrected chi connectivity index (χ2v) is 5.94. The molecule has 0 saturated heterocycles. The normalized spacial score (nSPS) is 15.9. The molecular formula is C18H15NO2. The Bertz CT molecular complexity index is 964. The van der Waals surface area contributed by atoms with Crippen molar-refractivity contribution in [1.82, 2.24) is 4.98 Å². The monoisotopic (exact) mass is 277 g/mol. The third-order valence-corrected chi connectivity index (χ3v) is 3.91. The number of hydrogen-bond acceptors (Lipinski definition) is 2. The number of para-hydroxylation sites is 1. The third-order valence-electron chi connectivity index (χ3n) is 3.91. The maximum absolute atomic E-state index is 12.6. The SMILES string of the molecule is CC1(C)C=Cc2c(ccc3c(=O)c4ccccc4[nH]c23)O1. The topological polar surface area (TPSA) is 42.1 Å². The zero-order valence-corrected chi connectivity index (χ0v) is 11.9. The first-order valence-corrected chi connectivity index (χ1v) is 7.01. The maximum Gasteiger partial charge on any atom is 0.197 e. The highest BCUT2D eigenvalue weighted by Crippen LogP contribution is 2.34. The molecule has 4 rings (SSSR count). The minimum atomic E-state index is -0.322. The number of rotatable bonds is 0. The van der Waals surface area contributed by atoms with Gasteiger partial charge in [-0.25, -0.2) is 0 Å². The molecule has 1 aromatic heterocycles. The number of benzene rings is 2. The number of fused-ring (bicyclic) bond motifs is 4. The lowest BCUT2D eigenvalue weighted by Crippen LogP contribution is -2.27. The van der Waals surface area contributed by atoms with Crippen LogP contribution in [0.3, 0.4) is 0 Å². The van der Waals surface area contributed by atoms with Crippen LogP contribution in [0.2, 0.25) is 0 Å². The van der Waals surface area contributed by atoms with Crippen LogP contribution < -0.4 is 10.2 Å². The standard InChI is InChI=1S/C18H15NO2/c1-18(2)10-9-12-15(21-18)8-7-13-16(12)19-14-6-4-3-5-11(14)17(13)20/h3-10H,1-2H3,(H,19,20). The van der Waals surface area contributed by atoms with Gasteiger partial charge in [0.2, 0.25) is 0 Å². The molecule has 0 spiro atoms. The van der Waals surface area contributed by atoms with Crippen molar-refractivity contribution in [3.63, 3.8) is 0 Å². The third kappa shape index (κ3) is 1.77. The van der Waals surface area contributed by atoms with E-state index >= 15 is 0 Å². The average molecular weight is 277 g/mol. The summed E-state index contributed by atoms with van der Waals surface area (Å²) in [5.41, 5.74) is 2.36. The van der Waals surface area contributed by atoms with Crippen molar-refractivity contribution in [2.45, 2.75) is 19.4 Å². The Balaban J connectivity index is 2.14. The summed E-state index contributed by atoms with van der Waals surface area (Å²) < 4.78 is 5.97. The Kier molecular flexibility index (Phi) is 2.31. The second kappa shape index (κ2) is 3.98. The van der Waals surface area contributed by atoms with Gasteiger partial charge in [-0.1, -0.05) is 12.1 Å². The Morgan fingerprint density at radius 1 is 1.05 bits per heavy atom. The lowest BCUT2D eigenvalue weighted by molar-refractivity contribution is 0.159. The summed E-state index contributed by atoms with van der Waals surface area (Å²) in [7, 11) is 0. The fourth-order valence-electron chi connectivity index (χ4n) is 2.85. The maximum atomic E-state index is 12.6. The van der Waals surface area contributed by atoms with Gasteiger partial charge in [0.05, 0.1) is 5.52 Å². The van der Waals surface area contributed by atoms with Crippen LogP contribution in [0.25, 0.3) is 27.9 Å². The molecule has 0 amide bonds. The van der Waals surface area contributed by atoms with Gasteiger partial charge in [0.15, 0.2) is 5.43 Å². The van der Waals surface area contributed by atoms with Crippen LogP contribution in [0.1, 0.15) is 19.4 Å². The molecule has 0 aliphatic carbocycles. The van der Waals surface area contributed by atoms with E-state index in [9.17, 15) is 4.79 Å². The summed E-state index contributed by atoms with van der Waals surface area (Å²) in [6.07, 6.45) is 4.05. The number of pyridine rings is 1. The molecule has 0 atom stereocenters. The molecule has 21 heavy (non-hydrogen) atoms. The van der Waals surface area contributed by atoms with Gasteiger partial charge in [-0.05, 0) is 50.3 Å². The zero-order chi connectivity index (χ0) is 14.6. The molecular weight excluding hydrogens is 262 g/mol. The van der Waals surface area contributed by atoms with Crippen molar-refractivity contribution in [2.75, 3.05) is 0 Å². The molecule has 0 bridgehead atoms. The van der Waals surface area contributed by atoms with Crippen LogP contribution in [-0.2, 0) is 0 Å². The Hall–Kier alpha value is -2.55. The van der Waals surface area contributed by atoms with E-state index < -0.39 is 0 Å². The van der Waals surface area contributed by atoms with Gasteiger partial charge < -0.3 is 9.72 Å². The Labute approximate surface area is 121 Å². The predicted octanol–water partition coefficient (Wildman–Crippen LogP) is 3.87. The summed E-state index contributed by atoms with van der Waals surface area (Å²) in [4.78, 5) is 16.0. The fourth-order valence-corrected chi connectivity index (χ4v) is 2.85. The van der Waals surface area contributed by atoms with Gasteiger partial charge in [0, 0.05) is 21.9 Å². The first-order chi connectivity index (χ1) is 10.1. The Morgan fingerprint density at radius 2 is 1.86 bits per heavy atom. The van der Waals surface area contributed by atoms with E-state index in [1.54, 1.807) is 0 Å². The van der Waals surface area contributed by atoms with E-state index in [1.165, 1.54) is 0 Å². The molecule has 2 heterocycles. The summed E-state index contributed by atoms with van der Waals surface area (Å²) in [5.74, 6) is 0.806. The van der Waals surface area contributed by atoms with Crippen LogP contribution in [0, 0.1) is 0 Å². The van der Waals surface area contributed by atoms with Crippen LogP contribution in [0.15, 0.2) is 47.3 Å². The number of H-pyrrole nitrogens is 1. The predicted molar refractivity (Wildman–Crippen MR) is 85.8 cm³/mol. The lowest BCUT2D eigenvalue weighted by Gasteiger charge is -2.28. The number of aromatic nitrogens is 1. The van der Waals surface area contributed by atoms with Crippen molar-refractivity contribution in [3.8, 4) is 5.75 Å². The molecule has 1 aliphatic heterocycles. The fraction of sp³-hybridized carbons (Fsp3) is 0.167. The minimum absolute atomic E-state index is 0.0559. The lowest BCUT2D eigenvalue weighted by atomic mass is 9.99. The van der Waals surface area contributed by atoms with E-state index in [0.29, 0.717) is 10.8 Å². The van der Waals surface area contributed by atoms with Gasteiger partial charge in [0.1, 0.15) is 11.4 Å². The average Bonchev–Trinajstić information content (AvgIpc) is 2.46. The van der Waals surface area contributed by atoms with E-state index in [-0.39, 0.29) is 11.0 Å². The molecule has 3 aromatic rings. The highest BCUT2D eigenvalue weighted by Gasteiger charge is 2.23. The van der Waals surface area contributed by atoms with Gasteiger partial charge in [-0.15, -0.1) is 0 Å². The van der Waals surface area contributed by atoms with Crippen LogP contribution in [0.5, 0.6) is 5.75 Å². The molecule has 3 heteroatoms. The first-order valence-electron chi connectivity index (χ1n) is 7.01. The minimum Gasteiger partial charge on any atom is -0.483 e. The van der Waals surface area contributed by atoms with Crippen molar-refractivity contribution >= 4 is 27.9 Å². The van der Waals surface area contributed by atoms with Gasteiger partial charge in [-0.3, -0.25) is 4.79 Å². The van der Waals surface area contributed by atoms with Crippen molar-refractivity contribution in [3.05, 3.63) is 58.3 Å². The second-order valence-electron chi connectivity index (χ2n) is 5.94. The van der Waals surface area contributed by atoms with Crippen molar-refractivity contribution in [1.29, 1.82) is 0 Å². The molecule has 104 valence electrons. The summed E-state index contributed by atoms with van der Waals surface area (Å²) >= 11 is 0. The van der Waals surface area contributed by atoms with Gasteiger partial charge >= 0.3 is 0 Å². The van der Waals surface area contributed by atoms with E-state index in [1.807, 2.05) is 62.4 Å². The van der Waals surface area contributed by atoms with E-state index in [4.69, 9.17) is 4.74 Å². The van der Waals surface area contributed by atoms with Gasteiger partial charge in [0.25, 0.3) is 0 Å². The Morgan fingerprint density at radius 3 is 2.71 bits per heavy atom. The molecule has 1 N–H and O–H groups in total. The number of hydrogen-bond donors (Lipinski definition) is 1. The van der Waals surface area contributed by atoms with E-state index in [2.05, 4.69) is 4.98 Å². The van der Waals surface area contributed by atoms with Crippen LogP contribution in [0.4, 0.5) is 0 Å². The first kappa shape index (κ1) is 12.2. The number of ether oxygens (including phenoxy) is 1. The molecule has 2 aromatic carbocycles. The molecule has 0 unspecified atom stereocenters. The van der Waals surface area contributed by atoms with Crippen LogP contribution >= 0.6 is 0 Å². The molecule has 0 fully saturated rings. The molecule has 0 saturated carbocycles. The molecule has 3 nitrogen and oxygen atoms in total. The number of aromatic amines is 1. The summed E-state index contributed by atoms with van der Waals surface area (Å²) in [5, 5.41) is 1.41. The molecule has 1 aliphatic rings. The van der Waals surface area contributed by atoms with Gasteiger partial charge in [-0.2, -0.15) is 0 Å². The summed E-state index contributed by atoms with van der Waals surface area (Å²) in [6, 6.07) is 11.3. The quantitative estimate of drug-likeness (QED) is 0.634. The summed E-state index contributed by atoms with van der Waals surface area (Å²) in [6.45, 7) is 4.03. The largest absolute Gasteiger partial charge is 0.483 e. The highest BCUT2D eigenvalue weighted by atomic mass is 16.5. The van der Waals surface area contributed by atoms with Crippen LogP contribution in [-0.4, -0.2) is 10.6 Å². The zero-order valence-electron chi connectivity index (χ0n) is 11.9. The number of nitrogens with one attached hydrogen (secondary N) is 1. The molecule has 0 radical (unpaired) electrons. The smallest absolute Gasteiger partial charge is 0.197 e. The van der Waals surface area contributed by atoms with Crippen molar-refractivity contribution < 1.29 is 4.74 Å². The van der Waals surface area contributed by atoms with Crippen molar-refractivity contribution in [2.24, 2.45) is 0 Å².